The minimum Gasteiger partial charge on any atom is -0.182 e. The van der Waals surface area contributed by atoms with Crippen LogP contribution in [0.15, 0.2) is 29.8 Å². The van der Waals surface area contributed by atoms with E-state index in [4.69, 9.17) is 0 Å². The van der Waals surface area contributed by atoms with Gasteiger partial charge in [0, 0.05) is 18.1 Å². The molecule has 2 heteroatoms. The van der Waals surface area contributed by atoms with Crippen molar-refractivity contribution in [1.82, 2.24) is 0 Å². The highest BCUT2D eigenvalue weighted by Crippen LogP contribution is 2.30. The van der Waals surface area contributed by atoms with Crippen LogP contribution >= 0.6 is 11.3 Å². The summed E-state index contributed by atoms with van der Waals surface area (Å²) in [6, 6.07) is 8.69. The Labute approximate surface area is 93.7 Å². The van der Waals surface area contributed by atoms with Gasteiger partial charge in [0.1, 0.15) is 4.70 Å². The molecule has 0 bridgehead atoms. The molecule has 0 atom stereocenters. The molecule has 1 aliphatic heterocycles. The van der Waals surface area contributed by atoms with E-state index in [9.17, 15) is 0 Å². The minimum atomic E-state index is 1.14. The SMILES string of the molecule is CC1=C(C)c2sc3ccccc3[n+]2CC1. The number of hydrogen-bond acceptors (Lipinski definition) is 1. The molecule has 1 aliphatic rings. The largest absolute Gasteiger partial charge is 0.265 e. The first-order valence-electron chi connectivity index (χ1n) is 5.35. The van der Waals surface area contributed by atoms with Crippen LogP contribution in [-0.2, 0) is 6.54 Å². The normalized spacial score (nSPS) is 15.9. The molecule has 0 saturated carbocycles. The Balaban J connectivity index is 2.37. The zero-order chi connectivity index (χ0) is 10.4. The lowest BCUT2D eigenvalue weighted by atomic mass is 10.1. The number of rotatable bonds is 0. The molecule has 0 spiro atoms. The zero-order valence-corrected chi connectivity index (χ0v) is 9.90. The van der Waals surface area contributed by atoms with Crippen LogP contribution in [-0.4, -0.2) is 0 Å². The second-order valence-corrected chi connectivity index (χ2v) is 5.21. The summed E-state index contributed by atoms with van der Waals surface area (Å²) in [6.45, 7) is 5.64. The molecular weight excluding hydrogens is 202 g/mol. The molecule has 0 amide bonds. The molecule has 0 aliphatic carbocycles. The molecule has 15 heavy (non-hydrogen) atoms. The lowest BCUT2D eigenvalue weighted by Gasteiger charge is -2.09. The van der Waals surface area contributed by atoms with Crippen molar-refractivity contribution < 1.29 is 4.57 Å². The summed E-state index contributed by atoms with van der Waals surface area (Å²) in [5.74, 6) is 0. The number of hydrogen-bond donors (Lipinski definition) is 0. The molecule has 76 valence electrons. The molecule has 1 aromatic heterocycles. The highest BCUT2D eigenvalue weighted by molar-refractivity contribution is 7.19. The van der Waals surface area contributed by atoms with Crippen LogP contribution in [0.1, 0.15) is 25.3 Å². The fraction of sp³-hybridized carbons (Fsp3) is 0.308. The van der Waals surface area contributed by atoms with Crippen LogP contribution in [0.3, 0.4) is 0 Å². The standard InChI is InChI=1S/C13H14NS/c1-9-7-8-14-11-5-3-4-6-12(11)15-13(14)10(9)2/h3-6H,7-8H2,1-2H3/q+1. The van der Waals surface area contributed by atoms with Crippen LogP contribution < -0.4 is 4.57 Å². The molecular formula is C13H14NS+. The topological polar surface area (TPSA) is 3.88 Å². The fourth-order valence-electron chi connectivity index (χ4n) is 2.19. The Hall–Kier alpha value is -1.15. The van der Waals surface area contributed by atoms with Crippen LogP contribution in [0.2, 0.25) is 0 Å². The maximum absolute atomic E-state index is 2.46. The van der Waals surface area contributed by atoms with E-state index < -0.39 is 0 Å². The average molecular weight is 216 g/mol. The number of aromatic nitrogens is 1. The van der Waals surface area contributed by atoms with E-state index in [1.165, 1.54) is 27.2 Å². The molecule has 0 unspecified atom stereocenters. The monoisotopic (exact) mass is 216 g/mol. The molecule has 0 fully saturated rings. The second-order valence-electron chi connectivity index (χ2n) is 4.18. The number of allylic oxidation sites excluding steroid dienone is 2. The van der Waals surface area contributed by atoms with Crippen molar-refractivity contribution in [3.63, 3.8) is 0 Å². The van der Waals surface area contributed by atoms with E-state index in [0.29, 0.717) is 0 Å². The predicted molar refractivity (Wildman–Crippen MR) is 64.9 cm³/mol. The van der Waals surface area contributed by atoms with Crippen molar-refractivity contribution in [1.29, 1.82) is 0 Å². The number of fused-ring (bicyclic) bond motifs is 3. The number of para-hydroxylation sites is 1. The Kier molecular flexibility index (Phi) is 1.93. The third kappa shape index (κ3) is 1.25. The van der Waals surface area contributed by atoms with Crippen molar-refractivity contribution >= 4 is 27.1 Å². The average Bonchev–Trinajstić information content (AvgIpc) is 2.63. The summed E-state index contributed by atoms with van der Waals surface area (Å²) in [4.78, 5) is 0. The van der Waals surface area contributed by atoms with Crippen molar-refractivity contribution in [2.75, 3.05) is 0 Å². The molecule has 0 saturated heterocycles. The van der Waals surface area contributed by atoms with Gasteiger partial charge in [-0.05, 0) is 19.9 Å². The first kappa shape index (κ1) is 9.10. The second kappa shape index (κ2) is 3.17. The van der Waals surface area contributed by atoms with Gasteiger partial charge in [0.2, 0.25) is 5.52 Å². The summed E-state index contributed by atoms with van der Waals surface area (Å²) in [5.41, 5.74) is 4.41. The van der Waals surface area contributed by atoms with Gasteiger partial charge in [-0.15, -0.1) is 0 Å². The van der Waals surface area contributed by atoms with Crippen molar-refractivity contribution in [3.8, 4) is 0 Å². The maximum atomic E-state index is 2.46. The highest BCUT2D eigenvalue weighted by Gasteiger charge is 2.26. The predicted octanol–water partition coefficient (Wildman–Crippen LogP) is 3.39. The number of thiazole rings is 1. The van der Waals surface area contributed by atoms with Crippen LogP contribution in [0.5, 0.6) is 0 Å². The van der Waals surface area contributed by atoms with Crippen LogP contribution in [0.25, 0.3) is 15.8 Å². The quantitative estimate of drug-likeness (QED) is 0.594. The summed E-state index contributed by atoms with van der Waals surface area (Å²) in [6.07, 6.45) is 1.20. The molecule has 0 radical (unpaired) electrons. The Morgan fingerprint density at radius 1 is 1.20 bits per heavy atom. The highest BCUT2D eigenvalue weighted by atomic mass is 32.1. The van der Waals surface area contributed by atoms with Gasteiger partial charge in [-0.3, -0.25) is 0 Å². The smallest absolute Gasteiger partial charge is 0.182 e. The van der Waals surface area contributed by atoms with Gasteiger partial charge < -0.3 is 0 Å². The maximum Gasteiger partial charge on any atom is 0.265 e. The van der Waals surface area contributed by atoms with Gasteiger partial charge in [0.25, 0.3) is 5.01 Å². The van der Waals surface area contributed by atoms with Gasteiger partial charge in [-0.1, -0.05) is 29.0 Å². The van der Waals surface area contributed by atoms with E-state index in [-0.39, 0.29) is 0 Å². The van der Waals surface area contributed by atoms with Crippen molar-refractivity contribution in [3.05, 3.63) is 34.8 Å². The number of nitrogens with zero attached hydrogens (tertiary/aromatic N) is 1. The fourth-order valence-corrected chi connectivity index (χ4v) is 3.45. The summed E-state index contributed by atoms with van der Waals surface area (Å²) in [7, 11) is 0. The van der Waals surface area contributed by atoms with E-state index in [0.717, 1.165) is 6.54 Å². The van der Waals surface area contributed by atoms with Crippen molar-refractivity contribution in [2.24, 2.45) is 0 Å². The summed E-state index contributed by atoms with van der Waals surface area (Å²) < 4.78 is 3.86. The van der Waals surface area contributed by atoms with Gasteiger partial charge in [-0.25, -0.2) is 0 Å². The van der Waals surface area contributed by atoms with E-state index in [1.54, 1.807) is 5.57 Å². The minimum absolute atomic E-state index is 1.14. The molecule has 1 nitrogen and oxygen atoms in total. The van der Waals surface area contributed by atoms with Gasteiger partial charge in [0.05, 0.1) is 0 Å². The Morgan fingerprint density at radius 3 is 2.87 bits per heavy atom. The Morgan fingerprint density at radius 2 is 2.00 bits per heavy atom. The zero-order valence-electron chi connectivity index (χ0n) is 9.08. The van der Waals surface area contributed by atoms with Crippen LogP contribution in [0.4, 0.5) is 0 Å². The Bertz CT molecular complexity index is 563. The molecule has 3 rings (SSSR count). The third-order valence-corrected chi connectivity index (χ3v) is 4.56. The molecule has 2 aromatic rings. The van der Waals surface area contributed by atoms with Gasteiger partial charge in [-0.2, -0.15) is 4.57 Å². The molecule has 0 N–H and O–H groups in total. The van der Waals surface area contributed by atoms with E-state index >= 15 is 0 Å². The van der Waals surface area contributed by atoms with Crippen LogP contribution in [0, 0.1) is 0 Å². The first-order chi connectivity index (χ1) is 7.27. The van der Waals surface area contributed by atoms with Gasteiger partial charge >= 0.3 is 0 Å². The lowest BCUT2D eigenvalue weighted by Crippen LogP contribution is -2.38. The molecule has 1 aromatic carbocycles. The van der Waals surface area contributed by atoms with Gasteiger partial charge in [0.15, 0.2) is 6.54 Å². The summed E-state index contributed by atoms with van der Waals surface area (Å²) >= 11 is 1.92. The van der Waals surface area contributed by atoms with Crippen molar-refractivity contribution in [2.45, 2.75) is 26.8 Å². The number of aryl methyl sites for hydroxylation is 1. The third-order valence-electron chi connectivity index (χ3n) is 3.28. The molecule has 2 heterocycles. The summed E-state index contributed by atoms with van der Waals surface area (Å²) in [5, 5.41) is 1.44. The van der Waals surface area contributed by atoms with E-state index in [2.05, 4.69) is 42.7 Å². The first-order valence-corrected chi connectivity index (χ1v) is 6.17. The van der Waals surface area contributed by atoms with E-state index in [1.807, 2.05) is 11.3 Å². The lowest BCUT2D eigenvalue weighted by molar-refractivity contribution is -0.670. The number of benzene rings is 1.